The van der Waals surface area contributed by atoms with Crippen LogP contribution in [0.1, 0.15) is 89.5 Å². The number of hydrogen-bond acceptors (Lipinski definition) is 1. The lowest BCUT2D eigenvalue weighted by Gasteiger charge is -2.10. The summed E-state index contributed by atoms with van der Waals surface area (Å²) in [5, 5.41) is 9.99. The molecule has 0 aliphatic heterocycles. The predicted molar refractivity (Wildman–Crippen MR) is 103 cm³/mol. The molecule has 1 nitrogen and oxygen atoms in total. The Morgan fingerprint density at radius 2 is 1.43 bits per heavy atom. The van der Waals surface area contributed by atoms with E-state index in [1.54, 1.807) is 0 Å². The zero-order valence-electron chi connectivity index (χ0n) is 15.1. The summed E-state index contributed by atoms with van der Waals surface area (Å²) in [6.07, 6.45) is 19.0. The first-order chi connectivity index (χ1) is 11.3. The molecule has 1 N–H and O–H groups in total. The molecule has 0 amide bonds. The van der Waals surface area contributed by atoms with Gasteiger partial charge >= 0.3 is 0 Å². The molecule has 0 fully saturated rings. The van der Waals surface area contributed by atoms with Crippen LogP contribution in [-0.4, -0.2) is 11.2 Å². The van der Waals surface area contributed by atoms with E-state index in [1.807, 2.05) is 6.07 Å². The second kappa shape index (κ2) is 14.5. The highest BCUT2D eigenvalue weighted by Crippen LogP contribution is 2.13. The van der Waals surface area contributed by atoms with Crippen molar-refractivity contribution in [3.05, 3.63) is 42.0 Å². The van der Waals surface area contributed by atoms with Gasteiger partial charge in [-0.15, -0.1) is 0 Å². The molecule has 1 atom stereocenters. The lowest BCUT2D eigenvalue weighted by atomic mass is 10.0. The van der Waals surface area contributed by atoms with Crippen LogP contribution >= 0.6 is 0 Å². The summed E-state index contributed by atoms with van der Waals surface area (Å²) in [5.74, 6) is 0. The standard InChI is InChI=1S/C22H36O/c1-2-3-4-5-8-14-19-22(23)20-15-9-6-7-11-16-21-17-12-10-13-18-21/h10-13,16-18,22-23H,2-9,14-15,19-20H2,1H3/b16-11+. The summed E-state index contributed by atoms with van der Waals surface area (Å²) in [5.41, 5.74) is 1.28. The fraction of sp³-hybridized carbons (Fsp3) is 0.636. The third kappa shape index (κ3) is 12.1. The number of rotatable bonds is 14. The first kappa shape index (κ1) is 20.0. The second-order valence-corrected chi connectivity index (χ2v) is 6.66. The summed E-state index contributed by atoms with van der Waals surface area (Å²) in [7, 11) is 0. The second-order valence-electron chi connectivity index (χ2n) is 6.66. The third-order valence-corrected chi connectivity index (χ3v) is 4.41. The number of benzene rings is 1. The zero-order chi connectivity index (χ0) is 16.6. The average molecular weight is 317 g/mol. The van der Waals surface area contributed by atoms with Gasteiger partial charge in [-0.2, -0.15) is 0 Å². The number of allylic oxidation sites excluding steroid dienone is 1. The molecule has 130 valence electrons. The van der Waals surface area contributed by atoms with Crippen LogP contribution in [0.2, 0.25) is 0 Å². The summed E-state index contributed by atoms with van der Waals surface area (Å²) in [6.45, 7) is 2.25. The maximum absolute atomic E-state index is 9.99. The Morgan fingerprint density at radius 3 is 2.13 bits per heavy atom. The Kier molecular flexibility index (Phi) is 12.6. The molecule has 0 aliphatic carbocycles. The van der Waals surface area contributed by atoms with E-state index in [1.165, 1.54) is 56.9 Å². The number of unbranched alkanes of at least 4 members (excludes halogenated alkanes) is 8. The predicted octanol–water partition coefficient (Wildman–Crippen LogP) is 6.76. The lowest BCUT2D eigenvalue weighted by Crippen LogP contribution is -2.05. The molecule has 0 bridgehead atoms. The molecule has 1 rings (SSSR count). The minimum absolute atomic E-state index is 0.0685. The maximum Gasteiger partial charge on any atom is 0.0540 e. The van der Waals surface area contributed by atoms with Crippen LogP contribution in [0.15, 0.2) is 36.4 Å². The van der Waals surface area contributed by atoms with Gasteiger partial charge < -0.3 is 5.11 Å². The zero-order valence-corrected chi connectivity index (χ0v) is 15.1. The number of hydrogen-bond donors (Lipinski definition) is 1. The Labute approximate surface area is 143 Å². The Hall–Kier alpha value is -1.08. The molecule has 1 heteroatoms. The van der Waals surface area contributed by atoms with Crippen molar-refractivity contribution >= 4 is 6.08 Å². The molecule has 0 heterocycles. The highest BCUT2D eigenvalue weighted by Gasteiger charge is 2.03. The van der Waals surface area contributed by atoms with E-state index < -0.39 is 0 Å². The van der Waals surface area contributed by atoms with E-state index in [4.69, 9.17) is 0 Å². The van der Waals surface area contributed by atoms with Gasteiger partial charge in [0.05, 0.1) is 6.10 Å². The van der Waals surface area contributed by atoms with Crippen molar-refractivity contribution in [1.82, 2.24) is 0 Å². The van der Waals surface area contributed by atoms with Crippen molar-refractivity contribution in [2.45, 2.75) is 90.1 Å². The van der Waals surface area contributed by atoms with Gasteiger partial charge in [-0.1, -0.05) is 101 Å². The van der Waals surface area contributed by atoms with Crippen molar-refractivity contribution in [2.24, 2.45) is 0 Å². The van der Waals surface area contributed by atoms with Crippen LogP contribution in [0.25, 0.3) is 6.08 Å². The van der Waals surface area contributed by atoms with Crippen molar-refractivity contribution < 1.29 is 5.11 Å². The molecule has 0 aromatic heterocycles. The van der Waals surface area contributed by atoms with Gasteiger partial charge in [0.15, 0.2) is 0 Å². The summed E-state index contributed by atoms with van der Waals surface area (Å²) in [6, 6.07) is 10.5. The molecular weight excluding hydrogens is 280 g/mol. The van der Waals surface area contributed by atoms with Crippen LogP contribution in [0, 0.1) is 0 Å². The first-order valence-electron chi connectivity index (χ1n) is 9.72. The highest BCUT2D eigenvalue weighted by atomic mass is 16.3. The van der Waals surface area contributed by atoms with Crippen LogP contribution in [0.4, 0.5) is 0 Å². The van der Waals surface area contributed by atoms with E-state index in [-0.39, 0.29) is 6.10 Å². The van der Waals surface area contributed by atoms with E-state index in [0.29, 0.717) is 0 Å². The maximum atomic E-state index is 9.99. The molecule has 1 aromatic rings. The van der Waals surface area contributed by atoms with Gasteiger partial charge in [-0.3, -0.25) is 0 Å². The van der Waals surface area contributed by atoms with Crippen LogP contribution in [-0.2, 0) is 0 Å². The molecule has 0 saturated heterocycles. The third-order valence-electron chi connectivity index (χ3n) is 4.41. The summed E-state index contributed by atoms with van der Waals surface area (Å²) >= 11 is 0. The molecule has 0 aliphatic rings. The molecule has 23 heavy (non-hydrogen) atoms. The van der Waals surface area contributed by atoms with Crippen molar-refractivity contribution in [2.75, 3.05) is 0 Å². The average Bonchev–Trinajstić information content (AvgIpc) is 2.58. The van der Waals surface area contributed by atoms with Gasteiger partial charge in [0.25, 0.3) is 0 Å². The van der Waals surface area contributed by atoms with Gasteiger partial charge in [0, 0.05) is 0 Å². The van der Waals surface area contributed by atoms with Gasteiger partial charge in [0.2, 0.25) is 0 Å². The Bertz CT molecular complexity index is 382. The van der Waals surface area contributed by atoms with Crippen LogP contribution in [0.3, 0.4) is 0 Å². The van der Waals surface area contributed by atoms with E-state index in [9.17, 15) is 5.11 Å². The largest absolute Gasteiger partial charge is 0.393 e. The smallest absolute Gasteiger partial charge is 0.0540 e. The Balaban J connectivity index is 1.89. The van der Waals surface area contributed by atoms with Crippen LogP contribution in [0.5, 0.6) is 0 Å². The van der Waals surface area contributed by atoms with Gasteiger partial charge in [0.1, 0.15) is 0 Å². The van der Waals surface area contributed by atoms with Crippen molar-refractivity contribution in [3.63, 3.8) is 0 Å². The molecule has 0 radical (unpaired) electrons. The summed E-state index contributed by atoms with van der Waals surface area (Å²) in [4.78, 5) is 0. The van der Waals surface area contributed by atoms with E-state index >= 15 is 0 Å². The van der Waals surface area contributed by atoms with Gasteiger partial charge in [-0.05, 0) is 31.2 Å². The summed E-state index contributed by atoms with van der Waals surface area (Å²) < 4.78 is 0. The lowest BCUT2D eigenvalue weighted by molar-refractivity contribution is 0.147. The molecular formula is C22H36O. The first-order valence-corrected chi connectivity index (χ1v) is 9.72. The van der Waals surface area contributed by atoms with Gasteiger partial charge in [-0.25, -0.2) is 0 Å². The SMILES string of the molecule is CCCCCCCCC(O)CCCCC/C=C/c1ccccc1. The quantitative estimate of drug-likeness (QED) is 0.376. The molecule has 1 aromatic carbocycles. The minimum Gasteiger partial charge on any atom is -0.393 e. The monoisotopic (exact) mass is 316 g/mol. The molecule has 0 saturated carbocycles. The molecule has 0 spiro atoms. The van der Waals surface area contributed by atoms with Crippen LogP contribution < -0.4 is 0 Å². The fourth-order valence-corrected chi connectivity index (χ4v) is 2.91. The Morgan fingerprint density at radius 1 is 0.826 bits per heavy atom. The fourth-order valence-electron chi connectivity index (χ4n) is 2.91. The van der Waals surface area contributed by atoms with Crippen molar-refractivity contribution in [1.29, 1.82) is 0 Å². The van der Waals surface area contributed by atoms with E-state index in [0.717, 1.165) is 25.7 Å². The van der Waals surface area contributed by atoms with Crippen molar-refractivity contribution in [3.8, 4) is 0 Å². The number of aliphatic hydroxyl groups excluding tert-OH is 1. The molecule has 1 unspecified atom stereocenters. The topological polar surface area (TPSA) is 20.2 Å². The number of aliphatic hydroxyl groups is 1. The van der Waals surface area contributed by atoms with E-state index in [2.05, 4.69) is 43.3 Å². The normalized spacial score (nSPS) is 12.8. The highest BCUT2D eigenvalue weighted by molar-refractivity contribution is 5.48. The minimum atomic E-state index is -0.0685.